The average Bonchev–Trinajstić information content (AvgIpc) is 3.58. The topological polar surface area (TPSA) is 100 Å². The molecular formula is C27H36N6O4S. The Bertz CT molecular complexity index is 1450. The summed E-state index contributed by atoms with van der Waals surface area (Å²) in [4.78, 5) is 22.9. The standard InChI is InChI=1S/C27H36N6O4S/c1-5-10-30-13-15-31(16-14-30)27(34)25-24(26-28-19(2)17-20(3)33(26)29-25)21-8-9-22(37-4)23(18-21)38(35,36)32-11-6-7-12-32/h8-9,17-18H,5-7,10-16H2,1-4H3. The molecule has 2 aromatic heterocycles. The third-order valence-electron chi connectivity index (χ3n) is 7.43. The molecule has 1 aromatic carbocycles. The van der Waals surface area contributed by atoms with E-state index in [-0.39, 0.29) is 22.2 Å². The summed E-state index contributed by atoms with van der Waals surface area (Å²) < 4.78 is 35.8. The number of amides is 1. The van der Waals surface area contributed by atoms with Crippen molar-refractivity contribution in [1.29, 1.82) is 0 Å². The lowest BCUT2D eigenvalue weighted by Crippen LogP contribution is -2.48. The van der Waals surface area contributed by atoms with Crippen LogP contribution in [-0.4, -0.2) is 96.0 Å². The van der Waals surface area contributed by atoms with Crippen LogP contribution in [0.25, 0.3) is 16.8 Å². The van der Waals surface area contributed by atoms with Crippen molar-refractivity contribution >= 4 is 21.6 Å². The van der Waals surface area contributed by atoms with Crippen LogP contribution in [0.1, 0.15) is 48.1 Å². The van der Waals surface area contributed by atoms with Gasteiger partial charge in [0.05, 0.1) is 12.7 Å². The van der Waals surface area contributed by atoms with E-state index >= 15 is 0 Å². The molecule has 2 aliphatic heterocycles. The molecule has 2 saturated heterocycles. The summed E-state index contributed by atoms with van der Waals surface area (Å²) in [6, 6.07) is 6.97. The van der Waals surface area contributed by atoms with Crippen molar-refractivity contribution in [2.75, 3.05) is 52.9 Å². The Kier molecular flexibility index (Phi) is 7.43. The van der Waals surface area contributed by atoms with E-state index in [1.165, 1.54) is 11.4 Å². The molecule has 0 spiro atoms. The SMILES string of the molecule is CCCN1CCN(C(=O)c2nn3c(C)cc(C)nc3c2-c2ccc(OC)c(S(=O)(=O)N3CCCC3)c2)CC1. The van der Waals surface area contributed by atoms with E-state index in [2.05, 4.69) is 11.8 Å². The maximum Gasteiger partial charge on any atom is 0.275 e. The van der Waals surface area contributed by atoms with Gasteiger partial charge in [0.1, 0.15) is 10.6 Å². The summed E-state index contributed by atoms with van der Waals surface area (Å²) in [5.74, 6) is 0.107. The number of aromatic nitrogens is 3. The molecule has 2 fully saturated rings. The number of piperazine rings is 1. The van der Waals surface area contributed by atoms with Crippen LogP contribution in [-0.2, 0) is 10.0 Å². The van der Waals surface area contributed by atoms with Gasteiger partial charge in [-0.05, 0) is 63.4 Å². The molecule has 3 aromatic rings. The first-order chi connectivity index (χ1) is 18.2. The molecule has 0 atom stereocenters. The monoisotopic (exact) mass is 540 g/mol. The molecule has 0 N–H and O–H groups in total. The van der Waals surface area contributed by atoms with Crippen LogP contribution in [0.15, 0.2) is 29.2 Å². The third-order valence-corrected chi connectivity index (χ3v) is 9.35. The summed E-state index contributed by atoms with van der Waals surface area (Å²) in [7, 11) is -2.30. The molecule has 5 rings (SSSR count). The van der Waals surface area contributed by atoms with Gasteiger partial charge in [-0.1, -0.05) is 13.0 Å². The van der Waals surface area contributed by atoms with E-state index in [4.69, 9.17) is 14.8 Å². The molecule has 10 nitrogen and oxygen atoms in total. The van der Waals surface area contributed by atoms with E-state index in [0.29, 0.717) is 43.0 Å². The van der Waals surface area contributed by atoms with Gasteiger partial charge in [0.2, 0.25) is 10.0 Å². The second-order valence-corrected chi connectivity index (χ2v) is 12.0. The summed E-state index contributed by atoms with van der Waals surface area (Å²) in [5.41, 5.74) is 3.57. The Morgan fingerprint density at radius 3 is 2.39 bits per heavy atom. The Balaban J connectivity index is 1.64. The molecule has 38 heavy (non-hydrogen) atoms. The molecular weight excluding hydrogens is 504 g/mol. The van der Waals surface area contributed by atoms with Gasteiger partial charge >= 0.3 is 0 Å². The van der Waals surface area contributed by atoms with Crippen LogP contribution in [0.2, 0.25) is 0 Å². The maximum atomic E-state index is 13.9. The highest BCUT2D eigenvalue weighted by atomic mass is 32.2. The quantitative estimate of drug-likeness (QED) is 0.454. The molecule has 2 aliphatic rings. The molecule has 0 bridgehead atoms. The zero-order valence-corrected chi connectivity index (χ0v) is 23.4. The van der Waals surface area contributed by atoms with Gasteiger partial charge in [-0.15, -0.1) is 0 Å². The lowest BCUT2D eigenvalue weighted by atomic mass is 10.0. The zero-order valence-electron chi connectivity index (χ0n) is 22.6. The van der Waals surface area contributed by atoms with Crippen molar-refractivity contribution in [3.05, 3.63) is 41.3 Å². The van der Waals surface area contributed by atoms with Crippen molar-refractivity contribution < 1.29 is 17.9 Å². The second-order valence-electron chi connectivity index (χ2n) is 10.1. The van der Waals surface area contributed by atoms with Crippen LogP contribution < -0.4 is 4.74 Å². The molecule has 11 heteroatoms. The smallest absolute Gasteiger partial charge is 0.275 e. The minimum atomic E-state index is -3.77. The highest BCUT2D eigenvalue weighted by Crippen LogP contribution is 2.36. The van der Waals surface area contributed by atoms with E-state index < -0.39 is 10.0 Å². The molecule has 1 amide bonds. The van der Waals surface area contributed by atoms with Gasteiger partial charge in [0.25, 0.3) is 5.91 Å². The van der Waals surface area contributed by atoms with E-state index in [9.17, 15) is 13.2 Å². The number of ether oxygens (including phenoxy) is 1. The largest absolute Gasteiger partial charge is 0.495 e. The summed E-state index contributed by atoms with van der Waals surface area (Å²) in [6.07, 6.45) is 2.75. The van der Waals surface area contributed by atoms with E-state index in [0.717, 1.165) is 50.3 Å². The van der Waals surface area contributed by atoms with Crippen LogP contribution in [0.3, 0.4) is 0 Å². The third kappa shape index (κ3) is 4.78. The van der Waals surface area contributed by atoms with Crippen molar-refractivity contribution in [2.45, 2.75) is 44.9 Å². The van der Waals surface area contributed by atoms with Gasteiger partial charge in [0.15, 0.2) is 11.3 Å². The molecule has 4 heterocycles. The van der Waals surface area contributed by atoms with Crippen LogP contribution >= 0.6 is 0 Å². The van der Waals surface area contributed by atoms with Crippen molar-refractivity contribution in [1.82, 2.24) is 28.7 Å². The van der Waals surface area contributed by atoms with Gasteiger partial charge in [0, 0.05) is 50.7 Å². The number of aryl methyl sites for hydroxylation is 2. The number of hydrogen-bond donors (Lipinski definition) is 0. The fourth-order valence-corrected chi connectivity index (χ4v) is 7.18. The molecule has 0 radical (unpaired) electrons. The Hall–Kier alpha value is -3.02. The first-order valence-electron chi connectivity index (χ1n) is 13.3. The van der Waals surface area contributed by atoms with Crippen LogP contribution in [0.4, 0.5) is 0 Å². The lowest BCUT2D eigenvalue weighted by Gasteiger charge is -2.34. The first-order valence-corrected chi connectivity index (χ1v) is 14.8. The summed E-state index contributed by atoms with van der Waals surface area (Å²) in [5, 5.41) is 4.73. The Morgan fingerprint density at radius 1 is 1.03 bits per heavy atom. The van der Waals surface area contributed by atoms with E-state index in [1.54, 1.807) is 22.7 Å². The number of hydrogen-bond acceptors (Lipinski definition) is 7. The molecule has 0 aliphatic carbocycles. The number of methoxy groups -OCH3 is 1. The lowest BCUT2D eigenvalue weighted by molar-refractivity contribution is 0.0632. The van der Waals surface area contributed by atoms with Gasteiger partial charge in [-0.25, -0.2) is 17.9 Å². The molecule has 0 unspecified atom stereocenters. The number of nitrogens with zero attached hydrogens (tertiary/aromatic N) is 6. The predicted molar refractivity (Wildman–Crippen MR) is 145 cm³/mol. The highest BCUT2D eigenvalue weighted by Gasteiger charge is 2.33. The van der Waals surface area contributed by atoms with Gasteiger partial charge in [-0.2, -0.15) is 9.40 Å². The number of sulfonamides is 1. The van der Waals surface area contributed by atoms with Crippen LogP contribution in [0.5, 0.6) is 5.75 Å². The number of rotatable bonds is 7. The highest BCUT2D eigenvalue weighted by molar-refractivity contribution is 7.89. The van der Waals surface area contributed by atoms with Gasteiger partial charge < -0.3 is 9.64 Å². The van der Waals surface area contributed by atoms with Crippen LogP contribution in [0, 0.1) is 13.8 Å². The fourth-order valence-electron chi connectivity index (χ4n) is 5.48. The zero-order chi connectivity index (χ0) is 27.0. The summed E-state index contributed by atoms with van der Waals surface area (Å²) >= 11 is 0. The number of carbonyl (C=O) groups excluding carboxylic acids is 1. The normalized spacial score (nSPS) is 17.4. The molecule has 0 saturated carbocycles. The Labute approximate surface area is 224 Å². The number of benzene rings is 1. The minimum absolute atomic E-state index is 0.0923. The second kappa shape index (κ2) is 10.6. The fraction of sp³-hybridized carbons (Fsp3) is 0.519. The Morgan fingerprint density at radius 2 is 1.74 bits per heavy atom. The maximum absolute atomic E-state index is 13.9. The number of fused-ring (bicyclic) bond motifs is 1. The predicted octanol–water partition coefficient (Wildman–Crippen LogP) is 2.97. The minimum Gasteiger partial charge on any atom is -0.495 e. The van der Waals surface area contributed by atoms with Crippen molar-refractivity contribution in [2.24, 2.45) is 0 Å². The average molecular weight is 541 g/mol. The summed E-state index contributed by atoms with van der Waals surface area (Å²) in [6.45, 7) is 10.8. The van der Waals surface area contributed by atoms with Crippen molar-refractivity contribution in [3.8, 4) is 16.9 Å². The number of carbonyl (C=O) groups is 1. The van der Waals surface area contributed by atoms with E-state index in [1.807, 2.05) is 24.8 Å². The molecule has 204 valence electrons. The van der Waals surface area contributed by atoms with Gasteiger partial charge in [-0.3, -0.25) is 9.69 Å². The van der Waals surface area contributed by atoms with Crippen molar-refractivity contribution in [3.63, 3.8) is 0 Å². The first kappa shape index (κ1) is 26.6.